The molecule has 0 saturated heterocycles. The molecular formula is C45H48IrN10-4. The number of benzene rings is 4. The number of anilines is 2. The first-order valence-corrected chi connectivity index (χ1v) is 18.8. The van der Waals surface area contributed by atoms with E-state index in [2.05, 4.69) is 143 Å². The Morgan fingerprint density at radius 2 is 1.16 bits per heavy atom. The van der Waals surface area contributed by atoms with Crippen molar-refractivity contribution in [2.45, 2.75) is 53.6 Å². The Balaban J connectivity index is 0.000000189. The molecule has 0 fully saturated rings. The Morgan fingerprint density at radius 1 is 0.643 bits per heavy atom. The number of hydrogen-bond donors (Lipinski definition) is 0. The average molecular weight is 921 g/mol. The van der Waals surface area contributed by atoms with Crippen LogP contribution in [0.25, 0.3) is 11.4 Å². The average Bonchev–Trinajstić information content (AvgIpc) is 3.97. The molecule has 0 saturated carbocycles. The molecule has 0 unspecified atom stereocenters. The smallest absolute Gasteiger partial charge is 0.118 e. The van der Waals surface area contributed by atoms with Gasteiger partial charge in [0, 0.05) is 43.4 Å². The minimum atomic E-state index is 0. The van der Waals surface area contributed by atoms with Gasteiger partial charge in [-0.05, 0) is 82.3 Å². The van der Waals surface area contributed by atoms with E-state index < -0.39 is 0 Å². The Morgan fingerprint density at radius 3 is 1.68 bits per heavy atom. The van der Waals surface area contributed by atoms with Crippen LogP contribution in [0.15, 0.2) is 138 Å². The first kappa shape index (κ1) is 40.2. The molecule has 4 aromatic carbocycles. The molecule has 0 N–H and O–H groups in total. The topological polar surface area (TPSA) is 65.4 Å². The third-order valence-electron chi connectivity index (χ3n) is 10.0. The summed E-state index contributed by atoms with van der Waals surface area (Å²) in [6, 6.07) is 43.3. The number of rotatable bonds is 12. The molecule has 1 radical (unpaired) electrons. The summed E-state index contributed by atoms with van der Waals surface area (Å²) in [5, 5.41) is 13.4. The molecule has 2 aromatic heterocycles. The van der Waals surface area contributed by atoms with Crippen molar-refractivity contribution in [2.75, 3.05) is 22.9 Å². The summed E-state index contributed by atoms with van der Waals surface area (Å²) in [4.78, 5) is 10.9. The van der Waals surface area contributed by atoms with Crippen molar-refractivity contribution >= 4 is 11.4 Å². The number of aromatic nitrogens is 6. The third kappa shape index (κ3) is 9.64. The van der Waals surface area contributed by atoms with Gasteiger partial charge in [0.2, 0.25) is 0 Å². The SMILES string of the molecule is CC1=C(C)N(c2[c-]cccc2)[CH-]N1CCCCN1[CH-]N(c2[c-]cccc2)C(C)=C1C.Cn1n[n+](Cc2ccccc2)[c-]c1-c1cnn(Cc2ccccc2)n1.[Ir]. The van der Waals surface area contributed by atoms with Crippen LogP contribution in [-0.4, -0.2) is 47.8 Å². The first-order valence-electron chi connectivity index (χ1n) is 18.8. The van der Waals surface area contributed by atoms with E-state index in [0.717, 1.165) is 54.3 Å². The van der Waals surface area contributed by atoms with E-state index >= 15 is 0 Å². The maximum absolute atomic E-state index is 4.56. The van der Waals surface area contributed by atoms with E-state index in [9.17, 15) is 0 Å². The van der Waals surface area contributed by atoms with Crippen molar-refractivity contribution in [2.24, 2.45) is 7.05 Å². The fourth-order valence-corrected chi connectivity index (χ4v) is 6.66. The molecule has 0 atom stereocenters. The van der Waals surface area contributed by atoms with Gasteiger partial charge >= 0.3 is 0 Å². The van der Waals surface area contributed by atoms with Gasteiger partial charge in [0.1, 0.15) is 6.54 Å². The summed E-state index contributed by atoms with van der Waals surface area (Å²) in [5.74, 6) is 0. The van der Waals surface area contributed by atoms with Crippen LogP contribution in [0.5, 0.6) is 0 Å². The summed E-state index contributed by atoms with van der Waals surface area (Å²) in [5.41, 5.74) is 11.3. The molecule has 0 spiro atoms. The second-order valence-electron chi connectivity index (χ2n) is 13.8. The molecule has 0 amide bonds. The van der Waals surface area contributed by atoms with Crippen LogP contribution >= 0.6 is 0 Å². The van der Waals surface area contributed by atoms with Gasteiger partial charge in [0.15, 0.2) is 0 Å². The zero-order valence-corrected chi connectivity index (χ0v) is 35.1. The van der Waals surface area contributed by atoms with Crippen LogP contribution in [0.3, 0.4) is 0 Å². The van der Waals surface area contributed by atoms with Crippen LogP contribution < -0.4 is 14.5 Å². The summed E-state index contributed by atoms with van der Waals surface area (Å²) >= 11 is 0. The Hall–Kier alpha value is -5.51. The van der Waals surface area contributed by atoms with Crippen molar-refractivity contribution in [3.8, 4) is 11.4 Å². The molecule has 2 aliphatic rings. The van der Waals surface area contributed by atoms with Gasteiger partial charge in [0.25, 0.3) is 0 Å². The minimum absolute atomic E-state index is 0. The second kappa shape index (κ2) is 18.9. The van der Waals surface area contributed by atoms with Gasteiger partial charge in [0.05, 0.1) is 24.5 Å². The predicted molar refractivity (Wildman–Crippen MR) is 216 cm³/mol. The summed E-state index contributed by atoms with van der Waals surface area (Å²) < 4.78 is 3.57. The van der Waals surface area contributed by atoms with Crippen molar-refractivity contribution in [3.05, 3.63) is 181 Å². The van der Waals surface area contributed by atoms with Gasteiger partial charge in [-0.15, -0.1) is 11.4 Å². The zero-order chi connectivity index (χ0) is 38.1. The van der Waals surface area contributed by atoms with Gasteiger partial charge in [-0.1, -0.05) is 60.7 Å². The number of unbranched alkanes of at least 4 members (excludes halogenated alkanes) is 1. The zero-order valence-electron chi connectivity index (χ0n) is 32.7. The van der Waals surface area contributed by atoms with E-state index in [1.54, 1.807) is 20.4 Å². The van der Waals surface area contributed by atoms with E-state index in [1.165, 1.54) is 28.4 Å². The number of para-hydroxylation sites is 2. The second-order valence-corrected chi connectivity index (χ2v) is 13.8. The molecule has 56 heavy (non-hydrogen) atoms. The maximum Gasteiger partial charge on any atom is 0.118 e. The molecule has 2 aliphatic heterocycles. The molecule has 4 heterocycles. The third-order valence-corrected chi connectivity index (χ3v) is 10.0. The standard InChI is InChI=1S/C26H30N4.C19H18N6.Ir/c1-21-23(3)29(25-13-7-5-8-14-25)19-27(21)17-11-12-18-28-20-30(24(4)22(28)2)26-15-9-6-10-16-26;1-23-19(15-24(22-23)13-16-8-4-2-5-9-16)18-12-20-25(21-18)14-17-10-6-3-7-11-17;/h5-10,13,15,19-20H,11-12,17-18H2,1-4H3;2-12H,13-14H2,1H3;/q-4;;. The van der Waals surface area contributed by atoms with Crippen molar-refractivity contribution in [1.82, 2.24) is 34.7 Å². The molecular weight excluding hydrogens is 873 g/mol. The fourth-order valence-electron chi connectivity index (χ4n) is 6.66. The van der Waals surface area contributed by atoms with Gasteiger partial charge < -0.3 is 19.6 Å². The van der Waals surface area contributed by atoms with E-state index in [0.29, 0.717) is 13.1 Å². The van der Waals surface area contributed by atoms with Crippen LogP contribution in [0, 0.1) is 31.7 Å². The summed E-state index contributed by atoms with van der Waals surface area (Å²) in [7, 11) is 1.89. The van der Waals surface area contributed by atoms with Crippen LogP contribution in [0.1, 0.15) is 51.7 Å². The van der Waals surface area contributed by atoms with Crippen LogP contribution in [0.4, 0.5) is 11.4 Å². The van der Waals surface area contributed by atoms with E-state index in [4.69, 9.17) is 0 Å². The molecule has 11 heteroatoms. The quantitative estimate of drug-likeness (QED) is 0.0712. The monoisotopic (exact) mass is 921 g/mol. The Kier molecular flexibility index (Phi) is 13.5. The molecule has 8 rings (SSSR count). The molecule has 0 bridgehead atoms. The van der Waals surface area contributed by atoms with Gasteiger partial charge in [-0.25, -0.2) is 9.78 Å². The number of aryl methyl sites for hydroxylation is 1. The first-order chi connectivity index (χ1) is 26.8. The van der Waals surface area contributed by atoms with Crippen molar-refractivity contribution < 1.29 is 24.8 Å². The molecule has 291 valence electrons. The van der Waals surface area contributed by atoms with Crippen molar-refractivity contribution in [1.29, 1.82) is 0 Å². The number of hydrogen-bond acceptors (Lipinski definition) is 7. The fraction of sp³-hybridized carbons (Fsp3) is 0.244. The van der Waals surface area contributed by atoms with E-state index in [-0.39, 0.29) is 20.1 Å². The normalized spacial score (nSPS) is 14.0. The molecule has 10 nitrogen and oxygen atoms in total. The molecule has 6 aromatic rings. The maximum atomic E-state index is 4.56. The Bertz CT molecular complexity index is 2120. The summed E-state index contributed by atoms with van der Waals surface area (Å²) in [6.45, 7) is 16.5. The van der Waals surface area contributed by atoms with E-state index in [1.807, 2.05) is 67.7 Å². The number of allylic oxidation sites excluding steroid dienone is 4. The summed E-state index contributed by atoms with van der Waals surface area (Å²) in [6.07, 6.45) is 7.31. The predicted octanol–water partition coefficient (Wildman–Crippen LogP) is 7.61. The van der Waals surface area contributed by atoms with Gasteiger partial charge in [-0.2, -0.15) is 88.6 Å². The number of nitrogens with zero attached hydrogens (tertiary/aromatic N) is 10. The van der Waals surface area contributed by atoms with Gasteiger partial charge in [-0.3, -0.25) is 0 Å². The largest absolute Gasteiger partial charge is 0.505 e. The van der Waals surface area contributed by atoms with Crippen LogP contribution in [0.2, 0.25) is 0 Å². The molecule has 0 aliphatic carbocycles. The van der Waals surface area contributed by atoms with Crippen LogP contribution in [-0.2, 0) is 40.2 Å². The van der Waals surface area contributed by atoms with Crippen molar-refractivity contribution in [3.63, 3.8) is 0 Å². The Labute approximate surface area is 345 Å². The minimum Gasteiger partial charge on any atom is -0.505 e.